The molecule has 11 heavy (non-hydrogen) atoms. The van der Waals surface area contributed by atoms with Crippen molar-refractivity contribution in [2.24, 2.45) is 0 Å². The van der Waals surface area contributed by atoms with Gasteiger partial charge >= 0.3 is 0 Å². The van der Waals surface area contributed by atoms with Crippen LogP contribution in [0.1, 0.15) is 5.56 Å². The molecule has 0 aliphatic carbocycles. The smallest absolute Gasteiger partial charge is 0.133 e. The summed E-state index contributed by atoms with van der Waals surface area (Å²) in [6, 6.07) is 6.42. The van der Waals surface area contributed by atoms with Gasteiger partial charge in [-0.2, -0.15) is 0 Å². The maximum Gasteiger partial charge on any atom is 0.133 e. The van der Waals surface area contributed by atoms with Crippen molar-refractivity contribution in [1.82, 2.24) is 5.32 Å². The highest BCUT2D eigenvalue weighted by molar-refractivity contribution is 7.80. The first-order valence-corrected chi connectivity index (χ1v) is 3.63. The predicted molar refractivity (Wildman–Crippen MR) is 47.2 cm³/mol. The van der Waals surface area contributed by atoms with Gasteiger partial charge in [0.15, 0.2) is 0 Å². The maximum atomic E-state index is 12.9. The van der Waals surface area contributed by atoms with Gasteiger partial charge in [0.05, 0.1) is 0 Å². The van der Waals surface area contributed by atoms with Crippen molar-refractivity contribution in [3.8, 4) is 0 Å². The van der Waals surface area contributed by atoms with Gasteiger partial charge in [-0.05, 0) is 12.1 Å². The minimum atomic E-state index is -0.285. The monoisotopic (exact) mass is 169 g/mol. The predicted octanol–water partition coefficient (Wildman–Crippen LogP) is 1.72. The van der Waals surface area contributed by atoms with Crippen molar-refractivity contribution >= 4 is 17.2 Å². The van der Waals surface area contributed by atoms with Crippen LogP contribution in [0.5, 0.6) is 0 Å². The third-order valence-electron chi connectivity index (χ3n) is 1.35. The fraction of sp³-hybridized carbons (Fsp3) is 0.125. The standard InChI is InChI=1S/C8H8FNS/c1-10-8(11)6-4-2-3-5-7(6)9/h2-5H,1H3,(H,10,11). The Bertz CT molecular complexity index is 273. The molecule has 0 radical (unpaired) electrons. The molecule has 1 aromatic carbocycles. The van der Waals surface area contributed by atoms with Crippen molar-refractivity contribution in [2.45, 2.75) is 0 Å². The van der Waals surface area contributed by atoms with Crippen LogP contribution in [-0.2, 0) is 0 Å². The molecule has 0 aliphatic rings. The average molecular weight is 169 g/mol. The molecule has 0 saturated heterocycles. The lowest BCUT2D eigenvalue weighted by Gasteiger charge is -2.02. The molecule has 3 heteroatoms. The summed E-state index contributed by atoms with van der Waals surface area (Å²) >= 11 is 4.86. The maximum absolute atomic E-state index is 12.9. The minimum Gasteiger partial charge on any atom is -0.379 e. The normalized spacial score (nSPS) is 9.27. The Labute approximate surface area is 70.2 Å². The Morgan fingerprint density at radius 3 is 2.64 bits per heavy atom. The van der Waals surface area contributed by atoms with Gasteiger partial charge in [0.1, 0.15) is 10.8 Å². The van der Waals surface area contributed by atoms with E-state index in [0.29, 0.717) is 10.6 Å². The molecule has 0 saturated carbocycles. The van der Waals surface area contributed by atoms with E-state index in [1.807, 2.05) is 0 Å². The Kier molecular flexibility index (Phi) is 2.54. The SMILES string of the molecule is CNC(=S)c1ccccc1F. The van der Waals surface area contributed by atoms with Gasteiger partial charge in [0.2, 0.25) is 0 Å². The minimum absolute atomic E-state index is 0.285. The van der Waals surface area contributed by atoms with E-state index in [2.05, 4.69) is 5.32 Å². The molecular weight excluding hydrogens is 161 g/mol. The lowest BCUT2D eigenvalue weighted by Crippen LogP contribution is -2.17. The molecule has 0 unspecified atom stereocenters. The summed E-state index contributed by atoms with van der Waals surface area (Å²) in [4.78, 5) is 0.433. The molecule has 0 atom stereocenters. The van der Waals surface area contributed by atoms with Gasteiger partial charge in [-0.3, -0.25) is 0 Å². The second kappa shape index (κ2) is 3.44. The second-order valence-electron chi connectivity index (χ2n) is 2.06. The largest absolute Gasteiger partial charge is 0.379 e. The van der Waals surface area contributed by atoms with Crippen molar-refractivity contribution in [3.63, 3.8) is 0 Å². The summed E-state index contributed by atoms with van der Waals surface area (Å²) in [5.74, 6) is -0.285. The molecular formula is C8H8FNS. The first-order valence-electron chi connectivity index (χ1n) is 3.22. The molecule has 1 aromatic rings. The van der Waals surface area contributed by atoms with Gasteiger partial charge in [0.25, 0.3) is 0 Å². The van der Waals surface area contributed by atoms with Crippen LogP contribution in [0.25, 0.3) is 0 Å². The second-order valence-corrected chi connectivity index (χ2v) is 2.47. The zero-order chi connectivity index (χ0) is 8.27. The number of hydrogen-bond donors (Lipinski definition) is 1. The van der Waals surface area contributed by atoms with Crippen LogP contribution in [-0.4, -0.2) is 12.0 Å². The highest BCUT2D eigenvalue weighted by atomic mass is 32.1. The zero-order valence-corrected chi connectivity index (χ0v) is 6.91. The first-order chi connectivity index (χ1) is 5.25. The zero-order valence-electron chi connectivity index (χ0n) is 6.10. The fourth-order valence-corrected chi connectivity index (χ4v) is 0.946. The van der Waals surface area contributed by atoms with Crippen molar-refractivity contribution in [2.75, 3.05) is 7.05 Å². The summed E-state index contributed by atoms with van der Waals surface area (Å²) < 4.78 is 12.9. The summed E-state index contributed by atoms with van der Waals surface area (Å²) in [5.41, 5.74) is 0.449. The van der Waals surface area contributed by atoms with E-state index in [0.717, 1.165) is 0 Å². The Hall–Kier alpha value is -0.960. The quantitative estimate of drug-likeness (QED) is 0.642. The van der Waals surface area contributed by atoms with Crippen LogP contribution in [0.4, 0.5) is 4.39 Å². The van der Waals surface area contributed by atoms with Gasteiger partial charge in [-0.25, -0.2) is 4.39 Å². The first kappa shape index (κ1) is 8.14. The number of hydrogen-bond acceptors (Lipinski definition) is 1. The molecule has 0 amide bonds. The highest BCUT2D eigenvalue weighted by Crippen LogP contribution is 2.05. The summed E-state index contributed by atoms with van der Waals surface area (Å²) in [6.07, 6.45) is 0. The van der Waals surface area contributed by atoms with E-state index in [-0.39, 0.29) is 5.82 Å². The molecule has 1 nitrogen and oxygen atoms in total. The molecule has 0 bridgehead atoms. The third kappa shape index (κ3) is 1.74. The van der Waals surface area contributed by atoms with Gasteiger partial charge < -0.3 is 5.32 Å². The van der Waals surface area contributed by atoms with Gasteiger partial charge in [-0.1, -0.05) is 24.4 Å². The molecule has 0 heterocycles. The number of benzene rings is 1. The van der Waals surface area contributed by atoms with Crippen LogP contribution in [0, 0.1) is 5.82 Å². The number of rotatable bonds is 1. The number of nitrogens with one attached hydrogen (secondary N) is 1. The summed E-state index contributed by atoms with van der Waals surface area (Å²) in [6.45, 7) is 0. The van der Waals surface area contributed by atoms with Gasteiger partial charge in [0, 0.05) is 12.6 Å². The van der Waals surface area contributed by atoms with Crippen LogP contribution < -0.4 is 5.32 Å². The van der Waals surface area contributed by atoms with E-state index in [9.17, 15) is 4.39 Å². The van der Waals surface area contributed by atoms with Crippen LogP contribution in [0.2, 0.25) is 0 Å². The summed E-state index contributed by atoms with van der Waals surface area (Å²) in [5, 5.41) is 2.71. The molecule has 1 rings (SSSR count). The third-order valence-corrected chi connectivity index (χ3v) is 1.77. The Balaban J connectivity index is 3.03. The molecule has 0 spiro atoms. The number of thiocarbonyl (C=S) groups is 1. The molecule has 0 aliphatic heterocycles. The molecule has 58 valence electrons. The molecule has 0 aromatic heterocycles. The topological polar surface area (TPSA) is 12.0 Å². The van der Waals surface area contributed by atoms with Crippen molar-refractivity contribution < 1.29 is 4.39 Å². The summed E-state index contributed by atoms with van der Waals surface area (Å²) in [7, 11) is 1.68. The lowest BCUT2D eigenvalue weighted by molar-refractivity contribution is 0.625. The Morgan fingerprint density at radius 1 is 1.45 bits per heavy atom. The molecule has 0 fully saturated rings. The van der Waals surface area contributed by atoms with Crippen molar-refractivity contribution in [3.05, 3.63) is 35.6 Å². The highest BCUT2D eigenvalue weighted by Gasteiger charge is 2.02. The van der Waals surface area contributed by atoms with E-state index >= 15 is 0 Å². The van der Waals surface area contributed by atoms with E-state index in [1.54, 1.807) is 25.2 Å². The fourth-order valence-electron chi connectivity index (χ4n) is 0.780. The van der Waals surface area contributed by atoms with E-state index in [1.165, 1.54) is 6.07 Å². The van der Waals surface area contributed by atoms with E-state index < -0.39 is 0 Å². The number of halogens is 1. The van der Waals surface area contributed by atoms with Gasteiger partial charge in [-0.15, -0.1) is 0 Å². The molecule has 1 N–H and O–H groups in total. The van der Waals surface area contributed by atoms with Crippen LogP contribution in [0.3, 0.4) is 0 Å². The van der Waals surface area contributed by atoms with E-state index in [4.69, 9.17) is 12.2 Å². The average Bonchev–Trinajstić information content (AvgIpc) is 2.04. The Morgan fingerprint density at radius 2 is 2.09 bits per heavy atom. The lowest BCUT2D eigenvalue weighted by atomic mass is 10.2. The van der Waals surface area contributed by atoms with Crippen LogP contribution >= 0.6 is 12.2 Å². The van der Waals surface area contributed by atoms with Crippen molar-refractivity contribution in [1.29, 1.82) is 0 Å². The van der Waals surface area contributed by atoms with Crippen LogP contribution in [0.15, 0.2) is 24.3 Å².